The fourth-order valence-electron chi connectivity index (χ4n) is 2.77. The highest BCUT2D eigenvalue weighted by atomic mass is 16.6. The van der Waals surface area contributed by atoms with Gasteiger partial charge in [-0.15, -0.1) is 0 Å². The van der Waals surface area contributed by atoms with Crippen molar-refractivity contribution in [2.24, 2.45) is 5.73 Å². The van der Waals surface area contributed by atoms with Crippen LogP contribution in [0.3, 0.4) is 0 Å². The number of piperidine rings is 1. The molecule has 0 radical (unpaired) electrons. The van der Waals surface area contributed by atoms with Gasteiger partial charge in [-0.3, -0.25) is 4.79 Å². The third kappa shape index (κ3) is 4.96. The van der Waals surface area contributed by atoms with Gasteiger partial charge in [-0.2, -0.15) is 0 Å². The molecule has 126 valence electrons. The molecule has 1 fully saturated rings. The minimum Gasteiger partial charge on any atom is -0.466 e. The number of likely N-dealkylation sites (tertiary alicyclic amines) is 1. The van der Waals surface area contributed by atoms with Crippen LogP contribution in [0.5, 0.6) is 0 Å². The van der Waals surface area contributed by atoms with Crippen LogP contribution in [0.25, 0.3) is 0 Å². The standard InChI is InChI=1S/C17H24N2O4/c1-2-22-16(20)11-15-14(18)9-6-10-19(15)17(21)23-12-13-7-4-3-5-8-13/h3-5,7-8,14-15H,2,6,9-12,18H2,1H3. The molecule has 1 heterocycles. The topological polar surface area (TPSA) is 81.9 Å². The summed E-state index contributed by atoms with van der Waals surface area (Å²) in [4.78, 5) is 25.7. The van der Waals surface area contributed by atoms with Gasteiger partial charge in [0.2, 0.25) is 0 Å². The number of nitrogens with zero attached hydrogens (tertiary/aromatic N) is 1. The number of benzene rings is 1. The number of esters is 1. The van der Waals surface area contributed by atoms with Gasteiger partial charge < -0.3 is 20.1 Å². The molecule has 2 rings (SSSR count). The highest BCUT2D eigenvalue weighted by molar-refractivity contribution is 5.73. The molecule has 2 unspecified atom stereocenters. The summed E-state index contributed by atoms with van der Waals surface area (Å²) < 4.78 is 10.3. The maximum Gasteiger partial charge on any atom is 0.410 e. The molecule has 0 aliphatic carbocycles. The van der Waals surface area contributed by atoms with E-state index >= 15 is 0 Å². The van der Waals surface area contributed by atoms with Crippen molar-refractivity contribution in [3.8, 4) is 0 Å². The van der Waals surface area contributed by atoms with Crippen molar-refractivity contribution in [2.45, 2.75) is 44.9 Å². The first-order valence-corrected chi connectivity index (χ1v) is 8.00. The molecule has 0 aromatic heterocycles. The fourth-order valence-corrected chi connectivity index (χ4v) is 2.77. The molecule has 23 heavy (non-hydrogen) atoms. The second-order valence-electron chi connectivity index (χ2n) is 5.62. The lowest BCUT2D eigenvalue weighted by Crippen LogP contribution is -2.55. The first-order valence-electron chi connectivity index (χ1n) is 8.00. The lowest BCUT2D eigenvalue weighted by atomic mass is 9.95. The molecule has 1 saturated heterocycles. The van der Waals surface area contributed by atoms with Gasteiger partial charge in [-0.1, -0.05) is 30.3 Å². The van der Waals surface area contributed by atoms with E-state index in [1.807, 2.05) is 30.3 Å². The monoisotopic (exact) mass is 320 g/mol. The Balaban J connectivity index is 1.96. The van der Waals surface area contributed by atoms with Crippen molar-refractivity contribution in [1.29, 1.82) is 0 Å². The third-order valence-corrected chi connectivity index (χ3v) is 3.95. The van der Waals surface area contributed by atoms with Crippen molar-refractivity contribution in [2.75, 3.05) is 13.2 Å². The second-order valence-corrected chi connectivity index (χ2v) is 5.62. The minimum atomic E-state index is -0.432. The zero-order valence-corrected chi connectivity index (χ0v) is 13.4. The molecule has 0 bridgehead atoms. The summed E-state index contributed by atoms with van der Waals surface area (Å²) in [6.07, 6.45) is 1.27. The molecule has 1 aromatic rings. The number of amides is 1. The zero-order valence-electron chi connectivity index (χ0n) is 13.4. The Morgan fingerprint density at radius 3 is 2.70 bits per heavy atom. The number of carbonyl (C=O) groups excluding carboxylic acids is 2. The van der Waals surface area contributed by atoms with Gasteiger partial charge in [0.25, 0.3) is 0 Å². The maximum atomic E-state index is 12.4. The summed E-state index contributed by atoms with van der Waals surface area (Å²) in [7, 11) is 0. The third-order valence-electron chi connectivity index (χ3n) is 3.95. The first-order chi connectivity index (χ1) is 11.1. The number of ether oxygens (including phenoxy) is 2. The highest BCUT2D eigenvalue weighted by Crippen LogP contribution is 2.21. The summed E-state index contributed by atoms with van der Waals surface area (Å²) in [5, 5.41) is 0. The van der Waals surface area contributed by atoms with E-state index < -0.39 is 6.09 Å². The van der Waals surface area contributed by atoms with Gasteiger partial charge >= 0.3 is 12.1 Å². The lowest BCUT2D eigenvalue weighted by molar-refractivity contribution is -0.144. The minimum absolute atomic E-state index is 0.107. The van der Waals surface area contributed by atoms with Gasteiger partial charge in [-0.25, -0.2) is 4.79 Å². The lowest BCUT2D eigenvalue weighted by Gasteiger charge is -2.38. The summed E-state index contributed by atoms with van der Waals surface area (Å²) in [5.41, 5.74) is 7.02. The number of carbonyl (C=O) groups is 2. The second kappa shape index (κ2) is 8.53. The largest absolute Gasteiger partial charge is 0.466 e. The normalized spacial score (nSPS) is 20.9. The summed E-state index contributed by atoms with van der Waals surface area (Å²) in [5.74, 6) is -0.337. The summed E-state index contributed by atoms with van der Waals surface area (Å²) in [6, 6.07) is 8.87. The van der Waals surface area contributed by atoms with E-state index in [1.165, 1.54) is 0 Å². The average Bonchev–Trinajstić information content (AvgIpc) is 2.55. The summed E-state index contributed by atoms with van der Waals surface area (Å²) in [6.45, 7) is 2.83. The molecular formula is C17H24N2O4. The Bertz CT molecular complexity index is 521. The smallest absolute Gasteiger partial charge is 0.410 e. The summed E-state index contributed by atoms with van der Waals surface area (Å²) >= 11 is 0. The van der Waals surface area contributed by atoms with Crippen LogP contribution < -0.4 is 5.73 Å². The molecular weight excluding hydrogens is 296 g/mol. The van der Waals surface area contributed by atoms with Crippen LogP contribution in [0.2, 0.25) is 0 Å². The van der Waals surface area contributed by atoms with Crippen LogP contribution >= 0.6 is 0 Å². The fraction of sp³-hybridized carbons (Fsp3) is 0.529. The Hall–Kier alpha value is -2.08. The van der Waals surface area contributed by atoms with E-state index in [4.69, 9.17) is 15.2 Å². The van der Waals surface area contributed by atoms with Crippen molar-refractivity contribution in [3.63, 3.8) is 0 Å². The number of nitrogens with two attached hydrogens (primary N) is 1. The van der Waals surface area contributed by atoms with Crippen molar-refractivity contribution < 1.29 is 19.1 Å². The predicted octanol–water partition coefficient (Wildman–Crippen LogP) is 2.07. The van der Waals surface area contributed by atoms with Gasteiger partial charge in [0.1, 0.15) is 6.61 Å². The quantitative estimate of drug-likeness (QED) is 0.840. The SMILES string of the molecule is CCOC(=O)CC1C(N)CCCN1C(=O)OCc1ccccc1. The van der Waals surface area contributed by atoms with Crippen LogP contribution in [0, 0.1) is 0 Å². The molecule has 0 spiro atoms. The molecule has 6 heteroatoms. The Morgan fingerprint density at radius 1 is 1.26 bits per heavy atom. The molecule has 6 nitrogen and oxygen atoms in total. The van der Waals surface area contributed by atoms with Crippen molar-refractivity contribution in [1.82, 2.24) is 4.90 Å². The van der Waals surface area contributed by atoms with Gasteiger partial charge in [0.15, 0.2) is 0 Å². The predicted molar refractivity (Wildman–Crippen MR) is 85.6 cm³/mol. The van der Waals surface area contributed by atoms with E-state index in [1.54, 1.807) is 11.8 Å². The van der Waals surface area contributed by atoms with Gasteiger partial charge in [0.05, 0.1) is 19.1 Å². The van der Waals surface area contributed by atoms with Crippen LogP contribution in [0.1, 0.15) is 31.7 Å². The first kappa shape index (κ1) is 17.3. The molecule has 1 aromatic carbocycles. The van der Waals surface area contributed by atoms with Crippen molar-refractivity contribution in [3.05, 3.63) is 35.9 Å². The Labute approximate surface area is 136 Å². The van der Waals surface area contributed by atoms with E-state index in [0.717, 1.165) is 18.4 Å². The Morgan fingerprint density at radius 2 is 2.00 bits per heavy atom. The molecule has 2 atom stereocenters. The molecule has 1 aliphatic heterocycles. The number of rotatable bonds is 5. The van der Waals surface area contributed by atoms with E-state index in [0.29, 0.717) is 13.2 Å². The number of hydrogen-bond donors (Lipinski definition) is 1. The van der Waals surface area contributed by atoms with Gasteiger partial charge in [0, 0.05) is 12.6 Å². The Kier molecular flexibility index (Phi) is 6.40. The number of hydrogen-bond acceptors (Lipinski definition) is 5. The molecule has 0 saturated carbocycles. The maximum absolute atomic E-state index is 12.4. The van der Waals surface area contributed by atoms with E-state index in [2.05, 4.69) is 0 Å². The van der Waals surface area contributed by atoms with Crippen molar-refractivity contribution >= 4 is 12.1 Å². The molecule has 1 amide bonds. The van der Waals surface area contributed by atoms with Crippen LogP contribution in [0.4, 0.5) is 4.79 Å². The molecule has 2 N–H and O–H groups in total. The average molecular weight is 320 g/mol. The van der Waals surface area contributed by atoms with E-state index in [9.17, 15) is 9.59 Å². The molecule has 1 aliphatic rings. The van der Waals surface area contributed by atoms with Crippen LogP contribution in [0.15, 0.2) is 30.3 Å². The van der Waals surface area contributed by atoms with Gasteiger partial charge in [-0.05, 0) is 25.3 Å². The highest BCUT2D eigenvalue weighted by Gasteiger charge is 2.35. The van der Waals surface area contributed by atoms with Crippen LogP contribution in [-0.2, 0) is 20.9 Å². The van der Waals surface area contributed by atoms with E-state index in [-0.39, 0.29) is 31.1 Å². The van der Waals surface area contributed by atoms with Crippen LogP contribution in [-0.4, -0.2) is 42.2 Å². The zero-order chi connectivity index (χ0) is 16.7.